The smallest absolute Gasteiger partial charge is 0.229 e. The zero-order valence-corrected chi connectivity index (χ0v) is 18.7. The Balaban J connectivity index is 1.86. The molecule has 1 aromatic carbocycles. The van der Waals surface area contributed by atoms with Gasteiger partial charge in [-0.3, -0.25) is 5.32 Å². The van der Waals surface area contributed by atoms with E-state index in [2.05, 4.69) is 64.5 Å². The summed E-state index contributed by atoms with van der Waals surface area (Å²) in [5, 5.41) is 7.02. The number of piperidine rings is 1. The Hall–Kier alpha value is -2.54. The first-order valence-electron chi connectivity index (χ1n) is 10.1. The van der Waals surface area contributed by atoms with Crippen molar-refractivity contribution in [3.05, 3.63) is 46.8 Å². The van der Waals surface area contributed by atoms with E-state index in [0.29, 0.717) is 22.9 Å². The van der Waals surface area contributed by atoms with Gasteiger partial charge in [0.15, 0.2) is 0 Å². The molecule has 154 valence electrons. The number of hydrogen-bond acceptors (Lipinski definition) is 3. The fourth-order valence-electron chi connectivity index (χ4n) is 3.55. The molecule has 0 radical (unpaired) electrons. The van der Waals surface area contributed by atoms with Crippen LogP contribution in [-0.2, 0) is 0 Å². The van der Waals surface area contributed by atoms with E-state index in [4.69, 9.17) is 17.2 Å². The van der Waals surface area contributed by atoms with Gasteiger partial charge in [-0.15, -0.1) is 0 Å². The maximum absolute atomic E-state index is 5.58. The van der Waals surface area contributed by atoms with Gasteiger partial charge in [-0.05, 0) is 81.9 Å². The zero-order valence-electron chi connectivity index (χ0n) is 17.9. The van der Waals surface area contributed by atoms with Crippen LogP contribution in [0.3, 0.4) is 0 Å². The lowest BCUT2D eigenvalue weighted by atomic mass is 10.0. The molecule has 1 atom stereocenters. The summed E-state index contributed by atoms with van der Waals surface area (Å²) in [4.78, 5) is 16.0. The Morgan fingerprint density at radius 2 is 1.83 bits per heavy atom. The van der Waals surface area contributed by atoms with Crippen molar-refractivity contribution in [3.63, 3.8) is 0 Å². The number of aryl methyl sites for hydroxylation is 4. The number of rotatable bonds is 2. The minimum absolute atomic E-state index is 0.420. The summed E-state index contributed by atoms with van der Waals surface area (Å²) >= 11 is 5.58. The van der Waals surface area contributed by atoms with Crippen molar-refractivity contribution in [3.8, 4) is 0 Å². The molecule has 1 aliphatic rings. The van der Waals surface area contributed by atoms with Gasteiger partial charge < -0.3 is 10.2 Å². The van der Waals surface area contributed by atoms with Crippen LogP contribution in [0.1, 0.15) is 42.3 Å². The van der Waals surface area contributed by atoms with E-state index in [-0.39, 0.29) is 0 Å². The van der Waals surface area contributed by atoms with Crippen molar-refractivity contribution >= 4 is 34.9 Å². The molecule has 7 heteroatoms. The van der Waals surface area contributed by atoms with Crippen LogP contribution in [0.5, 0.6) is 0 Å². The number of hydrogen-bond donors (Lipinski definition) is 2. The molecule has 2 N–H and O–H groups in total. The highest BCUT2D eigenvalue weighted by Gasteiger charge is 2.21. The average Bonchev–Trinajstić information content (AvgIpc) is 2.63. The van der Waals surface area contributed by atoms with Gasteiger partial charge in [0, 0.05) is 30.2 Å². The molecule has 29 heavy (non-hydrogen) atoms. The SMILES string of the molecule is Cc1ccc(C)c(NC(=S)/N=C(/Nc2nc(C)cc(C)n2)N2CCCC(C)C2)c1. The lowest BCUT2D eigenvalue weighted by Gasteiger charge is -2.33. The topological polar surface area (TPSA) is 65.4 Å². The number of nitrogens with zero attached hydrogens (tertiary/aromatic N) is 4. The third-order valence-corrected chi connectivity index (χ3v) is 5.20. The van der Waals surface area contributed by atoms with Crippen molar-refractivity contribution in [2.45, 2.75) is 47.5 Å². The molecule has 3 rings (SSSR count). The second-order valence-electron chi connectivity index (χ2n) is 7.98. The molecule has 2 aromatic rings. The Bertz CT molecular complexity index is 903. The first kappa shape index (κ1) is 21.2. The molecule has 6 nitrogen and oxygen atoms in total. The summed E-state index contributed by atoms with van der Waals surface area (Å²) in [6.07, 6.45) is 2.36. The van der Waals surface area contributed by atoms with Gasteiger partial charge in [0.1, 0.15) is 0 Å². The molecule has 2 heterocycles. The zero-order chi connectivity index (χ0) is 21.0. The first-order chi connectivity index (χ1) is 13.8. The van der Waals surface area contributed by atoms with E-state index in [0.717, 1.165) is 42.1 Å². The molecule has 0 saturated carbocycles. The lowest BCUT2D eigenvalue weighted by Crippen LogP contribution is -2.43. The summed E-state index contributed by atoms with van der Waals surface area (Å²) in [7, 11) is 0. The second kappa shape index (κ2) is 9.31. The van der Waals surface area contributed by atoms with Crippen molar-refractivity contribution < 1.29 is 0 Å². The third-order valence-electron chi connectivity index (χ3n) is 5.00. The molecular formula is C22H30N6S. The number of aliphatic imine (C=N–C) groups is 1. The third kappa shape index (κ3) is 5.97. The molecule has 0 amide bonds. The Morgan fingerprint density at radius 1 is 1.10 bits per heavy atom. The van der Waals surface area contributed by atoms with Crippen LogP contribution in [0.15, 0.2) is 29.3 Å². The fraction of sp³-hybridized carbons (Fsp3) is 0.455. The van der Waals surface area contributed by atoms with Gasteiger partial charge in [0.2, 0.25) is 17.0 Å². The van der Waals surface area contributed by atoms with Crippen LogP contribution in [0.25, 0.3) is 0 Å². The van der Waals surface area contributed by atoms with E-state index in [1.54, 1.807) is 0 Å². The number of anilines is 2. The highest BCUT2D eigenvalue weighted by atomic mass is 32.1. The molecule has 1 saturated heterocycles. The molecule has 0 bridgehead atoms. The number of likely N-dealkylation sites (tertiary alicyclic amines) is 1. The van der Waals surface area contributed by atoms with E-state index in [1.807, 2.05) is 19.9 Å². The monoisotopic (exact) mass is 410 g/mol. The standard InChI is InChI=1S/C22H30N6S/c1-14-8-9-16(3)19(11-14)25-22(29)27-21(28-10-6-7-15(2)13-28)26-20-23-17(4)12-18(5)24-20/h8-9,11-12,15H,6-7,10,13H2,1-5H3,(H2,23,24,25,26,27,29). The summed E-state index contributed by atoms with van der Waals surface area (Å²) in [5.74, 6) is 1.86. The normalized spacial score (nSPS) is 17.2. The predicted octanol–water partition coefficient (Wildman–Crippen LogP) is 4.61. The second-order valence-corrected chi connectivity index (χ2v) is 8.36. The van der Waals surface area contributed by atoms with Crippen molar-refractivity contribution in [2.75, 3.05) is 23.7 Å². The number of guanidine groups is 1. The van der Waals surface area contributed by atoms with Crippen LogP contribution < -0.4 is 10.6 Å². The van der Waals surface area contributed by atoms with Gasteiger partial charge in [0.05, 0.1) is 0 Å². The van der Waals surface area contributed by atoms with Gasteiger partial charge in [-0.25, -0.2) is 9.97 Å². The number of benzene rings is 1. The molecule has 0 spiro atoms. The van der Waals surface area contributed by atoms with E-state index in [1.165, 1.54) is 12.0 Å². The van der Waals surface area contributed by atoms with Gasteiger partial charge in [-0.1, -0.05) is 19.1 Å². The first-order valence-corrected chi connectivity index (χ1v) is 10.5. The van der Waals surface area contributed by atoms with Crippen molar-refractivity contribution in [1.82, 2.24) is 14.9 Å². The number of aromatic nitrogens is 2. The quantitative estimate of drug-likeness (QED) is 0.428. The maximum atomic E-state index is 5.58. The summed E-state index contributed by atoms with van der Waals surface area (Å²) < 4.78 is 0. The van der Waals surface area contributed by atoms with E-state index in [9.17, 15) is 0 Å². The Labute approximate surface area is 178 Å². The highest BCUT2D eigenvalue weighted by molar-refractivity contribution is 7.80. The molecule has 1 unspecified atom stereocenters. The predicted molar refractivity (Wildman–Crippen MR) is 125 cm³/mol. The Morgan fingerprint density at radius 3 is 2.52 bits per heavy atom. The van der Waals surface area contributed by atoms with Gasteiger partial charge >= 0.3 is 0 Å². The van der Waals surface area contributed by atoms with Crippen LogP contribution in [0, 0.1) is 33.6 Å². The summed E-state index contributed by atoms with van der Waals surface area (Å²) in [6.45, 7) is 12.2. The number of nitrogens with one attached hydrogen (secondary N) is 2. The Kier molecular flexibility index (Phi) is 6.79. The maximum Gasteiger partial charge on any atom is 0.229 e. The molecule has 1 fully saturated rings. The summed E-state index contributed by atoms with van der Waals surface area (Å²) in [5.41, 5.74) is 5.13. The van der Waals surface area contributed by atoms with E-state index < -0.39 is 0 Å². The fourth-order valence-corrected chi connectivity index (χ4v) is 3.75. The van der Waals surface area contributed by atoms with Crippen LogP contribution in [-0.4, -0.2) is 39.0 Å². The molecule has 1 aliphatic heterocycles. The summed E-state index contributed by atoms with van der Waals surface area (Å²) in [6, 6.07) is 8.21. The van der Waals surface area contributed by atoms with Crippen LogP contribution in [0.2, 0.25) is 0 Å². The largest absolute Gasteiger partial charge is 0.342 e. The minimum atomic E-state index is 0.420. The highest BCUT2D eigenvalue weighted by Crippen LogP contribution is 2.19. The lowest BCUT2D eigenvalue weighted by molar-refractivity contribution is 0.273. The average molecular weight is 411 g/mol. The van der Waals surface area contributed by atoms with E-state index >= 15 is 0 Å². The minimum Gasteiger partial charge on any atom is -0.342 e. The molecular weight excluding hydrogens is 380 g/mol. The molecule has 0 aliphatic carbocycles. The van der Waals surface area contributed by atoms with Crippen molar-refractivity contribution in [1.29, 1.82) is 0 Å². The van der Waals surface area contributed by atoms with Gasteiger partial charge in [-0.2, -0.15) is 4.99 Å². The van der Waals surface area contributed by atoms with Gasteiger partial charge in [0.25, 0.3) is 0 Å². The molecule has 1 aromatic heterocycles. The van der Waals surface area contributed by atoms with Crippen LogP contribution >= 0.6 is 12.2 Å². The van der Waals surface area contributed by atoms with Crippen LogP contribution in [0.4, 0.5) is 11.6 Å². The number of thiocarbonyl (C=S) groups is 1. The van der Waals surface area contributed by atoms with Crippen molar-refractivity contribution in [2.24, 2.45) is 10.9 Å².